The van der Waals surface area contributed by atoms with E-state index in [0.29, 0.717) is 17.8 Å². The number of nitro groups is 1. The van der Waals surface area contributed by atoms with Crippen LogP contribution in [0.4, 0.5) is 17.2 Å². The van der Waals surface area contributed by atoms with E-state index in [9.17, 15) is 14.9 Å². The van der Waals surface area contributed by atoms with Gasteiger partial charge in [-0.3, -0.25) is 19.8 Å². The van der Waals surface area contributed by atoms with Crippen LogP contribution in [0, 0.1) is 17.0 Å². The Morgan fingerprint density at radius 3 is 2.26 bits per heavy atom. The predicted molar refractivity (Wildman–Crippen MR) is 154 cm³/mol. The number of aryl methyl sites for hydroxylation is 1. The SMILES string of the molecule is C.Cc1cc(NC2CCN(C(=O)CCN3CCN(c4ccc(C(C)(C)C)cc4)CC3)CC2)ncc1[N+](=O)[O-]. The standard InChI is InChI=1S/C28H40N6O3.CH4/c1-21-19-26(29-20-25(21)34(36)37)30-23-9-13-33(14-10-23)27(35)11-12-31-15-17-32(18-16-31)24-7-5-22(6-8-24)28(2,3)4;/h5-8,19-20,23H,9-18H2,1-4H3,(H,29,30);1H4. The van der Waals surface area contributed by atoms with Crippen molar-refractivity contribution in [2.75, 3.05) is 56.0 Å². The molecule has 3 heterocycles. The molecule has 9 heteroatoms. The molecule has 4 rings (SSSR count). The van der Waals surface area contributed by atoms with Crippen molar-refractivity contribution >= 4 is 23.1 Å². The molecule has 1 aromatic carbocycles. The molecule has 1 aromatic heterocycles. The number of amides is 1. The Morgan fingerprint density at radius 2 is 1.71 bits per heavy atom. The van der Waals surface area contributed by atoms with E-state index in [0.717, 1.165) is 58.7 Å². The van der Waals surface area contributed by atoms with Gasteiger partial charge in [-0.25, -0.2) is 4.98 Å². The Labute approximate surface area is 227 Å². The van der Waals surface area contributed by atoms with Gasteiger partial charge in [0.05, 0.1) is 4.92 Å². The topological polar surface area (TPSA) is 94.9 Å². The summed E-state index contributed by atoms with van der Waals surface area (Å²) in [6.07, 6.45) is 3.55. The predicted octanol–water partition coefficient (Wildman–Crippen LogP) is 4.85. The summed E-state index contributed by atoms with van der Waals surface area (Å²) < 4.78 is 0. The first kappa shape index (κ1) is 29.4. The van der Waals surface area contributed by atoms with Crippen molar-refractivity contribution in [3.05, 3.63) is 57.8 Å². The lowest BCUT2D eigenvalue weighted by molar-refractivity contribution is -0.385. The summed E-state index contributed by atoms with van der Waals surface area (Å²) in [5.41, 5.74) is 3.42. The van der Waals surface area contributed by atoms with Crippen LogP contribution in [-0.2, 0) is 10.2 Å². The zero-order valence-corrected chi connectivity index (χ0v) is 22.6. The van der Waals surface area contributed by atoms with Gasteiger partial charge in [-0.2, -0.15) is 0 Å². The fourth-order valence-electron chi connectivity index (χ4n) is 5.12. The Balaban J connectivity index is 0.00000400. The summed E-state index contributed by atoms with van der Waals surface area (Å²) in [5, 5.41) is 14.4. The van der Waals surface area contributed by atoms with Gasteiger partial charge in [0.15, 0.2) is 0 Å². The van der Waals surface area contributed by atoms with E-state index in [1.165, 1.54) is 17.4 Å². The van der Waals surface area contributed by atoms with Gasteiger partial charge in [-0.15, -0.1) is 0 Å². The molecule has 0 radical (unpaired) electrons. The summed E-state index contributed by atoms with van der Waals surface area (Å²) in [6, 6.07) is 10.9. The van der Waals surface area contributed by atoms with Gasteiger partial charge in [0.25, 0.3) is 5.69 Å². The first-order valence-electron chi connectivity index (χ1n) is 13.3. The molecule has 0 spiro atoms. The highest BCUT2D eigenvalue weighted by atomic mass is 16.6. The maximum atomic E-state index is 12.8. The van der Waals surface area contributed by atoms with Crippen LogP contribution < -0.4 is 10.2 Å². The smallest absolute Gasteiger partial charge is 0.290 e. The van der Waals surface area contributed by atoms with Crippen molar-refractivity contribution in [2.45, 2.75) is 65.8 Å². The number of benzene rings is 1. The number of likely N-dealkylation sites (tertiary alicyclic amines) is 1. The van der Waals surface area contributed by atoms with E-state index in [-0.39, 0.29) is 30.5 Å². The molecule has 2 aliphatic heterocycles. The fourth-order valence-corrected chi connectivity index (χ4v) is 5.12. The summed E-state index contributed by atoms with van der Waals surface area (Å²) in [7, 11) is 0. The van der Waals surface area contributed by atoms with Crippen LogP contribution in [0.25, 0.3) is 0 Å². The highest BCUT2D eigenvalue weighted by Gasteiger charge is 2.25. The molecular formula is C29H44N6O3. The van der Waals surface area contributed by atoms with Crippen LogP contribution in [0.15, 0.2) is 36.5 Å². The molecule has 2 aromatic rings. The van der Waals surface area contributed by atoms with E-state index in [1.54, 1.807) is 13.0 Å². The lowest BCUT2D eigenvalue weighted by Gasteiger charge is -2.37. The quantitative estimate of drug-likeness (QED) is 0.409. The van der Waals surface area contributed by atoms with E-state index in [2.05, 4.69) is 65.1 Å². The molecule has 1 amide bonds. The minimum Gasteiger partial charge on any atom is -0.369 e. The van der Waals surface area contributed by atoms with Gasteiger partial charge < -0.3 is 15.1 Å². The molecule has 2 saturated heterocycles. The molecule has 0 saturated carbocycles. The number of hydrogen-bond donors (Lipinski definition) is 1. The molecule has 208 valence electrons. The van der Waals surface area contributed by atoms with Crippen LogP contribution in [-0.4, -0.2) is 77.5 Å². The van der Waals surface area contributed by atoms with Crippen molar-refractivity contribution < 1.29 is 9.72 Å². The highest BCUT2D eigenvalue weighted by Crippen LogP contribution is 2.26. The molecule has 0 bridgehead atoms. The van der Waals surface area contributed by atoms with E-state index in [1.807, 2.05) is 4.90 Å². The maximum Gasteiger partial charge on any atom is 0.290 e. The van der Waals surface area contributed by atoms with Gasteiger partial charge in [-0.1, -0.05) is 40.3 Å². The number of rotatable bonds is 7. The van der Waals surface area contributed by atoms with Crippen LogP contribution >= 0.6 is 0 Å². The molecular weight excluding hydrogens is 480 g/mol. The lowest BCUT2D eigenvalue weighted by Crippen LogP contribution is -2.48. The van der Waals surface area contributed by atoms with Gasteiger partial charge in [0, 0.05) is 69.5 Å². The summed E-state index contributed by atoms with van der Waals surface area (Å²) >= 11 is 0. The lowest BCUT2D eigenvalue weighted by atomic mass is 9.87. The molecule has 0 aliphatic carbocycles. The number of nitrogens with zero attached hydrogens (tertiary/aromatic N) is 5. The van der Waals surface area contributed by atoms with E-state index in [4.69, 9.17) is 0 Å². The third-order valence-corrected chi connectivity index (χ3v) is 7.59. The van der Waals surface area contributed by atoms with Crippen LogP contribution in [0.1, 0.15) is 58.6 Å². The minimum absolute atomic E-state index is 0. The molecule has 2 aliphatic rings. The highest BCUT2D eigenvalue weighted by molar-refractivity contribution is 5.76. The van der Waals surface area contributed by atoms with E-state index >= 15 is 0 Å². The number of piperidine rings is 1. The molecule has 38 heavy (non-hydrogen) atoms. The number of hydrogen-bond acceptors (Lipinski definition) is 7. The zero-order chi connectivity index (χ0) is 26.6. The number of aromatic nitrogens is 1. The largest absolute Gasteiger partial charge is 0.369 e. The summed E-state index contributed by atoms with van der Waals surface area (Å²) in [4.78, 5) is 34.4. The normalized spacial score (nSPS) is 17.2. The molecule has 9 nitrogen and oxygen atoms in total. The number of carbonyl (C=O) groups excluding carboxylic acids is 1. The number of piperazine rings is 1. The average Bonchev–Trinajstić information content (AvgIpc) is 2.87. The number of anilines is 2. The number of nitrogens with one attached hydrogen (secondary N) is 1. The Bertz CT molecular complexity index is 1080. The van der Waals surface area contributed by atoms with Gasteiger partial charge in [0.2, 0.25) is 5.91 Å². The molecule has 0 unspecified atom stereocenters. The second-order valence-corrected chi connectivity index (χ2v) is 11.3. The van der Waals surface area contributed by atoms with Crippen molar-refractivity contribution in [3.8, 4) is 0 Å². The Kier molecular flexibility index (Phi) is 9.71. The Morgan fingerprint density at radius 1 is 1.08 bits per heavy atom. The van der Waals surface area contributed by atoms with Crippen molar-refractivity contribution in [1.29, 1.82) is 0 Å². The number of carbonyl (C=O) groups is 1. The molecule has 2 fully saturated rings. The zero-order valence-electron chi connectivity index (χ0n) is 22.6. The monoisotopic (exact) mass is 524 g/mol. The van der Waals surface area contributed by atoms with Crippen molar-refractivity contribution in [3.63, 3.8) is 0 Å². The second kappa shape index (κ2) is 12.6. The van der Waals surface area contributed by atoms with Crippen LogP contribution in [0.5, 0.6) is 0 Å². The third kappa shape index (κ3) is 7.43. The second-order valence-electron chi connectivity index (χ2n) is 11.3. The van der Waals surface area contributed by atoms with E-state index < -0.39 is 4.92 Å². The average molecular weight is 525 g/mol. The van der Waals surface area contributed by atoms with Crippen molar-refractivity contribution in [1.82, 2.24) is 14.8 Å². The third-order valence-electron chi connectivity index (χ3n) is 7.59. The Hall–Kier alpha value is -3.20. The molecule has 1 N–H and O–H groups in total. The van der Waals surface area contributed by atoms with Crippen molar-refractivity contribution in [2.24, 2.45) is 0 Å². The summed E-state index contributed by atoms with van der Waals surface area (Å²) in [5.74, 6) is 0.875. The van der Waals surface area contributed by atoms with Gasteiger partial charge in [-0.05, 0) is 48.9 Å². The van der Waals surface area contributed by atoms with Gasteiger partial charge in [0.1, 0.15) is 12.0 Å². The number of pyridine rings is 1. The van der Waals surface area contributed by atoms with Gasteiger partial charge >= 0.3 is 0 Å². The first-order valence-corrected chi connectivity index (χ1v) is 13.3. The minimum atomic E-state index is -0.415. The fraction of sp³-hybridized carbons (Fsp3) is 0.586. The summed E-state index contributed by atoms with van der Waals surface area (Å²) in [6.45, 7) is 14.6. The van der Waals surface area contributed by atoms with Crippen LogP contribution in [0.2, 0.25) is 0 Å². The maximum absolute atomic E-state index is 12.8. The van der Waals surface area contributed by atoms with Crippen LogP contribution in [0.3, 0.4) is 0 Å². The first-order chi connectivity index (χ1) is 17.6. The molecule has 0 atom stereocenters.